The molecule has 0 saturated heterocycles. The summed E-state index contributed by atoms with van der Waals surface area (Å²) in [6.45, 7) is 8.69. The van der Waals surface area contributed by atoms with Crippen molar-refractivity contribution in [1.29, 1.82) is 0 Å². The Labute approximate surface area is 292 Å². The number of hydrogen-bond acceptors (Lipinski definition) is 6. The van der Waals surface area contributed by atoms with Gasteiger partial charge in [0.1, 0.15) is 5.82 Å². The van der Waals surface area contributed by atoms with Crippen molar-refractivity contribution >= 4 is 60.9 Å². The summed E-state index contributed by atoms with van der Waals surface area (Å²) in [6.07, 6.45) is 3.64. The van der Waals surface area contributed by atoms with Gasteiger partial charge in [-0.15, -0.1) is 41.4 Å². The number of para-hydroxylation sites is 1. The summed E-state index contributed by atoms with van der Waals surface area (Å²) < 4.78 is 14.9. The van der Waals surface area contributed by atoms with Gasteiger partial charge in [-0.2, -0.15) is 18.8 Å². The van der Waals surface area contributed by atoms with E-state index < -0.39 is 0 Å². The van der Waals surface area contributed by atoms with Gasteiger partial charge in [-0.3, -0.25) is 0 Å². The summed E-state index contributed by atoms with van der Waals surface area (Å²) >= 11 is 0. The van der Waals surface area contributed by atoms with Gasteiger partial charge in [0.15, 0.2) is 5.58 Å². The van der Waals surface area contributed by atoms with Crippen molar-refractivity contribution < 1.29 is 30.2 Å². The van der Waals surface area contributed by atoms with Crippen LogP contribution >= 0.6 is 0 Å². The number of ether oxygens (including phenoxy) is 1. The minimum Gasteiger partial charge on any atom is -0.509 e. The molecule has 0 N–H and O–H groups in total. The third-order valence-electron chi connectivity index (χ3n) is 8.90. The molecule has 0 bridgehead atoms. The zero-order valence-electron chi connectivity index (χ0n) is 26.8. The van der Waals surface area contributed by atoms with Crippen molar-refractivity contribution in [3.8, 4) is 17.3 Å². The largest absolute Gasteiger partial charge is 0.509 e. The van der Waals surface area contributed by atoms with Gasteiger partial charge in [-0.1, -0.05) is 44.5 Å². The molecule has 0 radical (unpaired) electrons. The Bertz CT molecular complexity index is 2510. The molecule has 0 atom stereocenters. The Balaban J connectivity index is 0.00000336. The molecule has 1 aliphatic heterocycles. The fraction of sp³-hybridized carbons (Fsp3) is 0.125. The predicted molar refractivity (Wildman–Crippen MR) is 188 cm³/mol. The number of fused-ring (bicyclic) bond motifs is 8. The monoisotopic (exact) mass is 807 g/mol. The third kappa shape index (κ3) is 4.76. The van der Waals surface area contributed by atoms with E-state index in [1.54, 1.807) is 6.20 Å². The van der Waals surface area contributed by atoms with Gasteiger partial charge in [0.2, 0.25) is 5.71 Å². The number of hydrogen-bond donors (Lipinski definition) is 0. The molecule has 0 aliphatic carbocycles. The smallest absolute Gasteiger partial charge is 0.227 e. The molecule has 1 aliphatic rings. The maximum atomic E-state index is 6.45. The molecule has 0 fully saturated rings. The first-order valence-electron chi connectivity index (χ1n) is 15.6. The second-order valence-electron chi connectivity index (χ2n) is 13.0. The van der Waals surface area contributed by atoms with E-state index >= 15 is 0 Å². The van der Waals surface area contributed by atoms with E-state index in [0.717, 1.165) is 61.0 Å². The molecule has 4 aromatic carbocycles. The van der Waals surface area contributed by atoms with Gasteiger partial charge in [0, 0.05) is 66.9 Å². The zero-order valence-corrected chi connectivity index (χ0v) is 29.0. The van der Waals surface area contributed by atoms with Crippen LogP contribution in [0, 0.1) is 18.8 Å². The molecule has 8 heteroatoms. The van der Waals surface area contributed by atoms with Gasteiger partial charge in [-0.25, -0.2) is 9.97 Å². The minimum atomic E-state index is -0.00729. The molecule has 9 rings (SSSR count). The van der Waals surface area contributed by atoms with E-state index in [1.165, 1.54) is 5.56 Å². The van der Waals surface area contributed by atoms with E-state index in [0.29, 0.717) is 17.2 Å². The topological polar surface area (TPSA) is 59.6 Å². The maximum Gasteiger partial charge on any atom is 0.227 e. The molecule has 48 heavy (non-hydrogen) atoms. The first-order valence-corrected chi connectivity index (χ1v) is 15.6. The molecule has 0 spiro atoms. The average Bonchev–Trinajstić information content (AvgIpc) is 3.73. The Hall–Kier alpha value is -5.13. The number of benzene rings is 4. The van der Waals surface area contributed by atoms with Crippen LogP contribution in [0.5, 0.6) is 11.5 Å². The van der Waals surface area contributed by atoms with Crippen LogP contribution in [0.3, 0.4) is 0 Å². The quantitative estimate of drug-likeness (QED) is 0.165. The SMILES string of the molecule is CN1[CH-]N(c2[c-]c(Oc3[c-]c4c(cc3)c3ccccc3n4-c3cc(C(C)(C)C)ccn3)ccc2)c2ccc3c(oc4ncccc43)c21.[Pt]. The van der Waals surface area contributed by atoms with Gasteiger partial charge in [0.25, 0.3) is 0 Å². The van der Waals surface area contributed by atoms with Crippen LogP contribution in [0.4, 0.5) is 17.1 Å². The maximum absolute atomic E-state index is 6.45. The van der Waals surface area contributed by atoms with Crippen molar-refractivity contribution in [1.82, 2.24) is 14.5 Å². The van der Waals surface area contributed by atoms with Gasteiger partial charge in [-0.05, 0) is 65.9 Å². The average molecular weight is 808 g/mol. The van der Waals surface area contributed by atoms with Crippen LogP contribution in [-0.2, 0) is 26.5 Å². The van der Waals surface area contributed by atoms with Crippen molar-refractivity contribution in [2.24, 2.45) is 0 Å². The second-order valence-corrected chi connectivity index (χ2v) is 13.0. The molecule has 7 nitrogen and oxygen atoms in total. The van der Waals surface area contributed by atoms with E-state index in [2.05, 4.69) is 107 Å². The van der Waals surface area contributed by atoms with Crippen molar-refractivity contribution in [3.05, 3.63) is 128 Å². The second kappa shape index (κ2) is 11.2. The minimum absolute atomic E-state index is 0. The summed E-state index contributed by atoms with van der Waals surface area (Å²) in [7, 11) is 2.02. The first-order chi connectivity index (χ1) is 22.8. The fourth-order valence-electron chi connectivity index (χ4n) is 6.60. The summed E-state index contributed by atoms with van der Waals surface area (Å²) in [6, 6.07) is 37.9. The Morgan fingerprint density at radius 3 is 2.46 bits per heavy atom. The normalized spacial score (nSPS) is 13.1. The Kier molecular flexibility index (Phi) is 7.08. The number of pyridine rings is 2. The van der Waals surface area contributed by atoms with Crippen molar-refractivity contribution in [3.63, 3.8) is 0 Å². The van der Waals surface area contributed by atoms with E-state index in [9.17, 15) is 0 Å². The predicted octanol–water partition coefficient (Wildman–Crippen LogP) is 9.87. The molecule has 8 aromatic rings. The molecular weight excluding hydrogens is 778 g/mol. The first kappa shape index (κ1) is 30.2. The standard InChI is InChI=1S/C40H30N5O2.Pt/c1-40(2,3)25-18-20-41-36(21-25)45-33-13-6-5-11-29(33)30-15-14-28(23-35(30)45)46-27-10-7-9-26(22-27)44-24-43(4)37-34(44)17-16-31-32-12-8-19-42-39(32)47-38(31)37;/h5-21,24H,1-4H3;/q-3;. The van der Waals surface area contributed by atoms with Crippen LogP contribution in [0.15, 0.2) is 108 Å². The Morgan fingerprint density at radius 1 is 0.771 bits per heavy atom. The third-order valence-corrected chi connectivity index (χ3v) is 8.90. The molecule has 5 heterocycles. The molecule has 0 unspecified atom stereocenters. The molecule has 240 valence electrons. The van der Waals surface area contributed by atoms with Crippen LogP contribution in [-0.4, -0.2) is 21.6 Å². The van der Waals surface area contributed by atoms with Crippen LogP contribution in [0.2, 0.25) is 0 Å². The summed E-state index contributed by atoms with van der Waals surface area (Å²) in [5, 5.41) is 4.28. The zero-order chi connectivity index (χ0) is 31.9. The van der Waals surface area contributed by atoms with Crippen LogP contribution in [0.1, 0.15) is 26.3 Å². The number of aromatic nitrogens is 3. The number of furan rings is 1. The van der Waals surface area contributed by atoms with Gasteiger partial charge >= 0.3 is 0 Å². The molecule has 4 aromatic heterocycles. The van der Waals surface area contributed by atoms with Crippen molar-refractivity contribution in [2.75, 3.05) is 16.8 Å². The Morgan fingerprint density at radius 2 is 1.58 bits per heavy atom. The molecule has 0 amide bonds. The van der Waals surface area contributed by atoms with Gasteiger partial charge in [0.05, 0.1) is 5.69 Å². The number of rotatable bonds is 4. The van der Waals surface area contributed by atoms with Crippen LogP contribution < -0.4 is 14.5 Å². The molecular formula is C40H30N5O2Pt-3. The van der Waals surface area contributed by atoms with Crippen molar-refractivity contribution in [2.45, 2.75) is 26.2 Å². The fourth-order valence-corrected chi connectivity index (χ4v) is 6.60. The number of anilines is 3. The van der Waals surface area contributed by atoms with E-state index in [-0.39, 0.29) is 26.5 Å². The summed E-state index contributed by atoms with van der Waals surface area (Å²) in [5.41, 5.74) is 7.46. The van der Waals surface area contributed by atoms with E-state index in [4.69, 9.17) is 14.1 Å². The number of nitrogens with zero attached hydrogens (tertiary/aromatic N) is 5. The van der Waals surface area contributed by atoms with Crippen LogP contribution in [0.25, 0.3) is 49.7 Å². The van der Waals surface area contributed by atoms with E-state index in [1.807, 2.05) is 56.3 Å². The molecule has 0 saturated carbocycles. The summed E-state index contributed by atoms with van der Waals surface area (Å²) in [5.74, 6) is 2.04. The summed E-state index contributed by atoms with van der Waals surface area (Å²) in [4.78, 5) is 13.4. The van der Waals surface area contributed by atoms with Gasteiger partial charge < -0.3 is 23.5 Å².